The number of aryl methyl sites for hydroxylation is 2. The van der Waals surface area contributed by atoms with E-state index in [-0.39, 0.29) is 5.91 Å². The highest BCUT2D eigenvalue weighted by atomic mass is 16.1. The fourth-order valence-electron chi connectivity index (χ4n) is 1.77. The highest BCUT2D eigenvalue weighted by molar-refractivity contribution is 6.04. The van der Waals surface area contributed by atoms with Crippen molar-refractivity contribution in [3.8, 4) is 0 Å². The molecule has 0 bridgehead atoms. The number of amides is 1. The average molecular weight is 244 g/mol. The van der Waals surface area contributed by atoms with E-state index in [1.807, 2.05) is 24.5 Å². The van der Waals surface area contributed by atoms with Gasteiger partial charge in [-0.3, -0.25) is 9.78 Å². The molecule has 5 nitrogen and oxygen atoms in total. The number of anilines is 2. The van der Waals surface area contributed by atoms with Crippen molar-refractivity contribution in [2.45, 2.75) is 20.4 Å². The van der Waals surface area contributed by atoms with Crippen molar-refractivity contribution in [1.82, 2.24) is 9.55 Å². The Morgan fingerprint density at radius 1 is 1.56 bits per heavy atom. The van der Waals surface area contributed by atoms with Gasteiger partial charge in [-0.1, -0.05) is 0 Å². The van der Waals surface area contributed by atoms with Crippen LogP contribution in [0.15, 0.2) is 30.7 Å². The van der Waals surface area contributed by atoms with Crippen LogP contribution in [-0.2, 0) is 6.54 Å². The molecule has 2 aromatic heterocycles. The Bertz CT molecular complexity index is 574. The van der Waals surface area contributed by atoms with Crippen LogP contribution in [0.5, 0.6) is 0 Å². The van der Waals surface area contributed by atoms with E-state index in [1.165, 1.54) is 0 Å². The molecule has 0 fully saturated rings. The molecule has 2 heterocycles. The van der Waals surface area contributed by atoms with E-state index < -0.39 is 0 Å². The van der Waals surface area contributed by atoms with Gasteiger partial charge in [-0.05, 0) is 31.5 Å². The summed E-state index contributed by atoms with van der Waals surface area (Å²) in [6, 6.07) is 3.52. The molecule has 94 valence electrons. The third-order valence-electron chi connectivity index (χ3n) is 2.78. The fraction of sp³-hybridized carbons (Fsp3) is 0.231. The second kappa shape index (κ2) is 4.91. The first-order chi connectivity index (χ1) is 8.61. The maximum Gasteiger partial charge on any atom is 0.272 e. The molecule has 18 heavy (non-hydrogen) atoms. The van der Waals surface area contributed by atoms with Crippen LogP contribution in [0, 0.1) is 6.92 Å². The van der Waals surface area contributed by atoms with Crippen LogP contribution in [0.1, 0.15) is 23.0 Å². The van der Waals surface area contributed by atoms with E-state index in [1.54, 1.807) is 24.7 Å². The first-order valence-electron chi connectivity index (χ1n) is 5.79. The Balaban J connectivity index is 2.25. The monoisotopic (exact) mass is 244 g/mol. The largest absolute Gasteiger partial charge is 0.397 e. The number of pyridine rings is 1. The van der Waals surface area contributed by atoms with Gasteiger partial charge in [-0.25, -0.2) is 0 Å². The summed E-state index contributed by atoms with van der Waals surface area (Å²) in [6.07, 6.45) is 5.08. The Hall–Kier alpha value is -2.30. The maximum absolute atomic E-state index is 12.1. The van der Waals surface area contributed by atoms with Gasteiger partial charge in [0.25, 0.3) is 5.91 Å². The standard InChI is InChI=1S/C13H16N4O/c1-3-17-8-10(14)6-12(17)13(18)16-11-7-15-5-4-9(11)2/h4-8H,3,14H2,1-2H3,(H,16,18). The number of hydrogen-bond donors (Lipinski definition) is 2. The molecule has 2 rings (SSSR count). The molecule has 0 aliphatic rings. The fourth-order valence-corrected chi connectivity index (χ4v) is 1.77. The van der Waals surface area contributed by atoms with Crippen LogP contribution in [0.2, 0.25) is 0 Å². The summed E-state index contributed by atoms with van der Waals surface area (Å²) in [4.78, 5) is 16.1. The molecule has 5 heteroatoms. The van der Waals surface area contributed by atoms with E-state index >= 15 is 0 Å². The SMILES string of the molecule is CCn1cc(N)cc1C(=O)Nc1cnccc1C. The Kier molecular flexibility index (Phi) is 3.32. The van der Waals surface area contributed by atoms with Crippen molar-refractivity contribution in [1.29, 1.82) is 0 Å². The second-order valence-corrected chi connectivity index (χ2v) is 4.09. The number of carbonyl (C=O) groups is 1. The van der Waals surface area contributed by atoms with E-state index in [9.17, 15) is 4.79 Å². The summed E-state index contributed by atoms with van der Waals surface area (Å²) >= 11 is 0. The summed E-state index contributed by atoms with van der Waals surface area (Å²) in [5.41, 5.74) is 8.53. The van der Waals surface area contributed by atoms with Crippen molar-refractivity contribution in [3.63, 3.8) is 0 Å². The van der Waals surface area contributed by atoms with Crippen LogP contribution in [0.4, 0.5) is 11.4 Å². The number of nitrogens with zero attached hydrogens (tertiary/aromatic N) is 2. The quantitative estimate of drug-likeness (QED) is 0.867. The lowest BCUT2D eigenvalue weighted by Crippen LogP contribution is -2.17. The van der Waals surface area contributed by atoms with Crippen LogP contribution in [-0.4, -0.2) is 15.5 Å². The summed E-state index contributed by atoms with van der Waals surface area (Å²) in [6.45, 7) is 4.59. The molecule has 0 aromatic carbocycles. The predicted octanol–water partition coefficient (Wildman–Crippen LogP) is 2.05. The third-order valence-corrected chi connectivity index (χ3v) is 2.78. The molecule has 3 N–H and O–H groups in total. The van der Waals surface area contributed by atoms with Crippen LogP contribution in [0.3, 0.4) is 0 Å². The zero-order valence-electron chi connectivity index (χ0n) is 10.5. The molecule has 0 unspecified atom stereocenters. The molecule has 0 atom stereocenters. The number of hydrogen-bond acceptors (Lipinski definition) is 3. The smallest absolute Gasteiger partial charge is 0.272 e. The molecule has 0 saturated heterocycles. The summed E-state index contributed by atoms with van der Waals surface area (Å²) in [5.74, 6) is -0.176. The van der Waals surface area contributed by atoms with Gasteiger partial charge in [0.15, 0.2) is 0 Å². The van der Waals surface area contributed by atoms with E-state index in [2.05, 4.69) is 10.3 Å². The predicted molar refractivity (Wildman–Crippen MR) is 71.4 cm³/mol. The molecular formula is C13H16N4O. The minimum atomic E-state index is -0.176. The molecule has 0 spiro atoms. The van der Waals surface area contributed by atoms with Crippen molar-refractivity contribution in [2.75, 3.05) is 11.1 Å². The van der Waals surface area contributed by atoms with Crippen molar-refractivity contribution < 1.29 is 4.79 Å². The summed E-state index contributed by atoms with van der Waals surface area (Å²) in [5, 5.41) is 2.84. The molecule has 0 aliphatic carbocycles. The molecular weight excluding hydrogens is 228 g/mol. The lowest BCUT2D eigenvalue weighted by Gasteiger charge is -2.09. The zero-order chi connectivity index (χ0) is 13.1. The zero-order valence-corrected chi connectivity index (χ0v) is 10.5. The van der Waals surface area contributed by atoms with Crippen molar-refractivity contribution in [2.24, 2.45) is 0 Å². The lowest BCUT2D eigenvalue weighted by molar-refractivity contribution is 0.101. The molecule has 0 saturated carbocycles. The van der Waals surface area contributed by atoms with Gasteiger partial charge in [-0.2, -0.15) is 0 Å². The number of nitrogens with two attached hydrogens (primary N) is 1. The van der Waals surface area contributed by atoms with Gasteiger partial charge in [0.2, 0.25) is 0 Å². The molecule has 0 aliphatic heterocycles. The number of aromatic nitrogens is 2. The van der Waals surface area contributed by atoms with Crippen molar-refractivity contribution in [3.05, 3.63) is 42.0 Å². The molecule has 2 aromatic rings. The number of carbonyl (C=O) groups excluding carboxylic acids is 1. The first-order valence-corrected chi connectivity index (χ1v) is 5.79. The number of rotatable bonds is 3. The lowest BCUT2D eigenvalue weighted by atomic mass is 10.2. The maximum atomic E-state index is 12.1. The van der Waals surface area contributed by atoms with Gasteiger partial charge >= 0.3 is 0 Å². The average Bonchev–Trinajstić information content (AvgIpc) is 2.73. The minimum Gasteiger partial charge on any atom is -0.397 e. The van der Waals surface area contributed by atoms with E-state index in [0.29, 0.717) is 23.6 Å². The number of nitrogens with one attached hydrogen (secondary N) is 1. The van der Waals surface area contributed by atoms with E-state index in [4.69, 9.17) is 5.73 Å². The van der Waals surface area contributed by atoms with Gasteiger partial charge in [-0.15, -0.1) is 0 Å². The minimum absolute atomic E-state index is 0.176. The third kappa shape index (κ3) is 2.34. The first kappa shape index (κ1) is 12.2. The normalized spacial score (nSPS) is 10.3. The van der Waals surface area contributed by atoms with Crippen molar-refractivity contribution >= 4 is 17.3 Å². The molecule has 1 amide bonds. The summed E-state index contributed by atoms with van der Waals surface area (Å²) in [7, 11) is 0. The Morgan fingerprint density at radius 3 is 3.00 bits per heavy atom. The number of nitrogen functional groups attached to an aromatic ring is 1. The summed E-state index contributed by atoms with van der Waals surface area (Å²) < 4.78 is 1.82. The highest BCUT2D eigenvalue weighted by Crippen LogP contribution is 2.15. The van der Waals surface area contributed by atoms with Gasteiger partial charge in [0.05, 0.1) is 17.6 Å². The highest BCUT2D eigenvalue weighted by Gasteiger charge is 2.13. The second-order valence-electron chi connectivity index (χ2n) is 4.09. The van der Waals surface area contributed by atoms with Gasteiger partial charge in [0, 0.05) is 18.9 Å². The topological polar surface area (TPSA) is 72.9 Å². The Labute approximate surface area is 106 Å². The van der Waals surface area contributed by atoms with Crippen LogP contribution in [0.25, 0.3) is 0 Å². The van der Waals surface area contributed by atoms with Crippen LogP contribution < -0.4 is 11.1 Å². The Morgan fingerprint density at radius 2 is 2.33 bits per heavy atom. The van der Waals surface area contributed by atoms with E-state index in [0.717, 1.165) is 5.56 Å². The molecule has 0 radical (unpaired) electrons. The van der Waals surface area contributed by atoms with Gasteiger partial charge < -0.3 is 15.6 Å². The van der Waals surface area contributed by atoms with Gasteiger partial charge in [0.1, 0.15) is 5.69 Å². The van der Waals surface area contributed by atoms with Crippen LogP contribution >= 0.6 is 0 Å².